The van der Waals surface area contributed by atoms with Gasteiger partial charge in [0.15, 0.2) is 0 Å². The number of hydrogen-bond acceptors (Lipinski definition) is 6. The number of benzene rings is 1. The zero-order valence-corrected chi connectivity index (χ0v) is 16.9. The van der Waals surface area contributed by atoms with E-state index in [0.29, 0.717) is 25.1 Å². The number of fused-ring (bicyclic) bond motifs is 2. The van der Waals surface area contributed by atoms with Crippen LogP contribution in [0.15, 0.2) is 18.2 Å². The molecule has 5 rings (SSSR count). The van der Waals surface area contributed by atoms with Crippen LogP contribution in [0.3, 0.4) is 0 Å². The maximum absolute atomic E-state index is 13.0. The van der Waals surface area contributed by atoms with Gasteiger partial charge in [0.25, 0.3) is 5.91 Å². The molecule has 9 nitrogen and oxygen atoms in total. The van der Waals surface area contributed by atoms with Gasteiger partial charge in [0, 0.05) is 38.2 Å². The zero-order chi connectivity index (χ0) is 22.6. The molecule has 1 atom stereocenters. The summed E-state index contributed by atoms with van der Waals surface area (Å²) in [4.78, 5) is 39.8. The maximum atomic E-state index is 13.0. The molecule has 0 saturated carbocycles. The van der Waals surface area contributed by atoms with E-state index in [1.807, 2.05) is 17.0 Å². The van der Waals surface area contributed by atoms with Crippen molar-refractivity contribution in [3.05, 3.63) is 46.5 Å². The topological polar surface area (TPSA) is 100 Å². The molecule has 1 unspecified atom stereocenters. The van der Waals surface area contributed by atoms with Crippen LogP contribution in [0.4, 0.5) is 13.2 Å². The van der Waals surface area contributed by atoms with E-state index >= 15 is 0 Å². The number of nitrogens with one attached hydrogen (secondary N) is 1. The lowest BCUT2D eigenvalue weighted by atomic mass is 10.0. The Morgan fingerprint density at radius 3 is 2.66 bits per heavy atom. The number of halogens is 3. The summed E-state index contributed by atoms with van der Waals surface area (Å²) in [5, 5.41) is 9.27. The van der Waals surface area contributed by atoms with Crippen LogP contribution in [-0.2, 0) is 41.9 Å². The van der Waals surface area contributed by atoms with Gasteiger partial charge in [-0.2, -0.15) is 13.2 Å². The summed E-state index contributed by atoms with van der Waals surface area (Å²) in [5.41, 5.74) is 2.22. The summed E-state index contributed by atoms with van der Waals surface area (Å²) in [5.74, 6) is -1.75. The van der Waals surface area contributed by atoms with Gasteiger partial charge in [0.2, 0.25) is 17.6 Å². The van der Waals surface area contributed by atoms with Crippen molar-refractivity contribution in [3.63, 3.8) is 0 Å². The summed E-state index contributed by atoms with van der Waals surface area (Å²) in [6.07, 6.45) is -4.04. The lowest BCUT2D eigenvalue weighted by molar-refractivity contribution is -0.148. The lowest BCUT2D eigenvalue weighted by Gasteiger charge is -2.29. The summed E-state index contributed by atoms with van der Waals surface area (Å²) in [6.45, 7) is 1.55. The second-order valence-corrected chi connectivity index (χ2v) is 8.19. The van der Waals surface area contributed by atoms with Crippen molar-refractivity contribution in [2.24, 2.45) is 0 Å². The number of carbonyl (C=O) groups is 3. The van der Waals surface area contributed by atoms with Crippen molar-refractivity contribution < 1.29 is 27.6 Å². The first kappa shape index (κ1) is 20.6. The molecule has 0 bridgehead atoms. The van der Waals surface area contributed by atoms with Crippen molar-refractivity contribution in [2.75, 3.05) is 6.54 Å². The minimum atomic E-state index is -4.53. The van der Waals surface area contributed by atoms with Crippen LogP contribution in [0.5, 0.6) is 0 Å². The largest absolute Gasteiger partial charge is 0.451 e. The monoisotopic (exact) mass is 448 g/mol. The second-order valence-electron chi connectivity index (χ2n) is 8.19. The molecule has 2 aromatic rings. The quantitative estimate of drug-likeness (QED) is 0.706. The number of carbonyl (C=O) groups excluding carboxylic acids is 3. The summed E-state index contributed by atoms with van der Waals surface area (Å²) in [7, 11) is 0. The molecule has 1 N–H and O–H groups in total. The van der Waals surface area contributed by atoms with Crippen molar-refractivity contribution in [1.82, 2.24) is 29.9 Å². The average molecular weight is 448 g/mol. The molecule has 1 saturated heterocycles. The van der Waals surface area contributed by atoms with Gasteiger partial charge in [-0.25, -0.2) is 0 Å². The highest BCUT2D eigenvalue weighted by atomic mass is 19.4. The van der Waals surface area contributed by atoms with Crippen LogP contribution >= 0.6 is 0 Å². The Bertz CT molecular complexity index is 1130. The molecule has 12 heteroatoms. The Hall–Kier alpha value is -3.28. The smallest absolute Gasteiger partial charge is 0.322 e. The number of hydrogen-bond donors (Lipinski definition) is 1. The van der Waals surface area contributed by atoms with E-state index in [-0.39, 0.29) is 43.7 Å². The minimum Gasteiger partial charge on any atom is -0.322 e. The normalized spacial score (nSPS) is 21.5. The molecule has 0 spiro atoms. The van der Waals surface area contributed by atoms with Crippen molar-refractivity contribution in [2.45, 2.75) is 51.2 Å². The van der Waals surface area contributed by atoms with E-state index in [1.54, 1.807) is 6.07 Å². The Kier molecular flexibility index (Phi) is 4.77. The van der Waals surface area contributed by atoms with Gasteiger partial charge in [-0.15, -0.1) is 10.2 Å². The third-order valence-corrected chi connectivity index (χ3v) is 6.08. The van der Waals surface area contributed by atoms with Crippen LogP contribution in [0.25, 0.3) is 0 Å². The Morgan fingerprint density at radius 2 is 1.91 bits per heavy atom. The van der Waals surface area contributed by atoms with E-state index in [4.69, 9.17) is 0 Å². The number of alkyl halides is 3. The van der Waals surface area contributed by atoms with Crippen LogP contribution in [-0.4, -0.2) is 54.9 Å². The fourth-order valence-corrected chi connectivity index (χ4v) is 4.54. The highest BCUT2D eigenvalue weighted by Crippen LogP contribution is 2.31. The van der Waals surface area contributed by atoms with Gasteiger partial charge in [-0.05, 0) is 23.6 Å². The van der Waals surface area contributed by atoms with Crippen molar-refractivity contribution in [3.8, 4) is 0 Å². The standard InChI is InChI=1S/C20H19F3N6O3/c21-20(22,23)19-26-25-15-10-27(5-6-28(15)19)8-11-1-2-13-12(7-11)9-29(18(13)32)14-3-4-16(30)24-17(14)31/h1-2,7,14H,3-6,8-10H2,(H,24,30,31). The summed E-state index contributed by atoms with van der Waals surface area (Å²) < 4.78 is 40.1. The van der Waals surface area contributed by atoms with E-state index in [0.717, 1.165) is 15.7 Å². The average Bonchev–Trinajstić information content (AvgIpc) is 3.29. The maximum Gasteiger partial charge on any atom is 0.451 e. The molecule has 1 fully saturated rings. The van der Waals surface area contributed by atoms with Gasteiger partial charge in [0.05, 0.1) is 6.54 Å². The molecule has 3 amide bonds. The van der Waals surface area contributed by atoms with Gasteiger partial charge in [-0.3, -0.25) is 24.6 Å². The zero-order valence-electron chi connectivity index (χ0n) is 16.9. The van der Waals surface area contributed by atoms with Crippen molar-refractivity contribution >= 4 is 17.7 Å². The van der Waals surface area contributed by atoms with E-state index in [1.165, 1.54) is 4.90 Å². The summed E-state index contributed by atoms with van der Waals surface area (Å²) in [6, 6.07) is 4.74. The fraction of sp³-hybridized carbons (Fsp3) is 0.450. The molecular formula is C20H19F3N6O3. The first-order valence-corrected chi connectivity index (χ1v) is 10.2. The summed E-state index contributed by atoms with van der Waals surface area (Å²) >= 11 is 0. The van der Waals surface area contributed by atoms with Crippen LogP contribution < -0.4 is 5.32 Å². The third-order valence-electron chi connectivity index (χ3n) is 6.08. The van der Waals surface area contributed by atoms with Gasteiger partial charge in [-0.1, -0.05) is 12.1 Å². The first-order chi connectivity index (χ1) is 15.2. The van der Waals surface area contributed by atoms with E-state index in [2.05, 4.69) is 15.5 Å². The highest BCUT2D eigenvalue weighted by Gasteiger charge is 2.40. The van der Waals surface area contributed by atoms with Gasteiger partial charge < -0.3 is 9.47 Å². The van der Waals surface area contributed by atoms with Gasteiger partial charge in [0.1, 0.15) is 11.9 Å². The number of amides is 3. The molecule has 1 aromatic carbocycles. The Balaban J connectivity index is 1.28. The Labute approximate surface area is 180 Å². The molecule has 32 heavy (non-hydrogen) atoms. The molecule has 4 heterocycles. The van der Waals surface area contributed by atoms with Crippen LogP contribution in [0, 0.1) is 0 Å². The van der Waals surface area contributed by atoms with Crippen LogP contribution in [0.2, 0.25) is 0 Å². The lowest BCUT2D eigenvalue weighted by Crippen LogP contribution is -2.52. The number of imide groups is 1. The van der Waals surface area contributed by atoms with Crippen LogP contribution in [0.1, 0.15) is 46.0 Å². The molecule has 0 radical (unpaired) electrons. The highest BCUT2D eigenvalue weighted by molar-refractivity contribution is 6.05. The first-order valence-electron chi connectivity index (χ1n) is 10.2. The Morgan fingerprint density at radius 1 is 1.09 bits per heavy atom. The molecule has 3 aliphatic rings. The van der Waals surface area contributed by atoms with E-state index < -0.39 is 23.9 Å². The molecule has 3 aliphatic heterocycles. The molecule has 1 aromatic heterocycles. The minimum absolute atomic E-state index is 0.143. The SMILES string of the molecule is O=C1CCC(N2Cc3cc(CN4CCn5c(nnc5C(F)(F)F)C4)ccc3C2=O)C(=O)N1. The number of aromatic nitrogens is 3. The predicted octanol–water partition coefficient (Wildman–Crippen LogP) is 1.07. The number of rotatable bonds is 3. The molecule has 168 valence electrons. The number of piperidine rings is 1. The third kappa shape index (κ3) is 3.53. The van der Waals surface area contributed by atoms with Gasteiger partial charge >= 0.3 is 6.18 Å². The predicted molar refractivity (Wildman–Crippen MR) is 102 cm³/mol. The second kappa shape index (κ2) is 7.40. The van der Waals surface area contributed by atoms with Crippen molar-refractivity contribution in [1.29, 1.82) is 0 Å². The molecular weight excluding hydrogens is 429 g/mol. The molecule has 0 aliphatic carbocycles. The van der Waals surface area contributed by atoms with E-state index in [9.17, 15) is 27.6 Å². The fourth-order valence-electron chi connectivity index (χ4n) is 4.54. The number of nitrogens with zero attached hydrogens (tertiary/aromatic N) is 5.